The van der Waals surface area contributed by atoms with Crippen LogP contribution in [0.1, 0.15) is 21.5 Å². The number of rotatable bonds is 3. The van der Waals surface area contributed by atoms with E-state index < -0.39 is 0 Å². The van der Waals surface area contributed by atoms with Gasteiger partial charge in [-0.15, -0.1) is 0 Å². The molecule has 1 heterocycles. The number of aromatic nitrogens is 1. The number of nitrogens with one attached hydrogen (secondary N) is 1. The van der Waals surface area contributed by atoms with E-state index in [1.807, 2.05) is 13.0 Å². The highest BCUT2D eigenvalue weighted by Crippen LogP contribution is 2.17. The molecular formula is C14H14BrN3O. The van der Waals surface area contributed by atoms with Gasteiger partial charge in [0.05, 0.1) is 0 Å². The number of nitrogens with zero attached hydrogens (tertiary/aromatic N) is 1. The maximum absolute atomic E-state index is 12.0. The fourth-order valence-electron chi connectivity index (χ4n) is 1.72. The summed E-state index contributed by atoms with van der Waals surface area (Å²) in [6, 6.07) is 7.04. The van der Waals surface area contributed by atoms with Crippen molar-refractivity contribution >= 4 is 27.5 Å². The van der Waals surface area contributed by atoms with Crippen molar-refractivity contribution < 1.29 is 4.79 Å². The predicted molar refractivity (Wildman–Crippen MR) is 78.7 cm³/mol. The predicted octanol–water partition coefficient (Wildman–Crippen LogP) is 2.66. The summed E-state index contributed by atoms with van der Waals surface area (Å²) in [4.78, 5) is 16.0. The Balaban J connectivity index is 2.08. The minimum Gasteiger partial charge on any atom is -0.399 e. The quantitative estimate of drug-likeness (QED) is 0.855. The van der Waals surface area contributed by atoms with Crippen LogP contribution >= 0.6 is 15.9 Å². The number of nitrogen functional groups attached to an aromatic ring is 1. The van der Waals surface area contributed by atoms with Crippen LogP contribution in [0.4, 0.5) is 5.69 Å². The Hall–Kier alpha value is -1.88. The summed E-state index contributed by atoms with van der Waals surface area (Å²) in [6.45, 7) is 2.44. The van der Waals surface area contributed by atoms with Gasteiger partial charge in [-0.25, -0.2) is 0 Å². The molecule has 0 aliphatic rings. The van der Waals surface area contributed by atoms with Crippen LogP contribution in [0, 0.1) is 6.92 Å². The van der Waals surface area contributed by atoms with Gasteiger partial charge in [0.2, 0.25) is 0 Å². The zero-order valence-corrected chi connectivity index (χ0v) is 12.1. The van der Waals surface area contributed by atoms with E-state index >= 15 is 0 Å². The molecule has 0 atom stereocenters. The van der Waals surface area contributed by atoms with Gasteiger partial charge in [-0.3, -0.25) is 9.78 Å². The molecule has 0 fully saturated rings. The Kier molecular flexibility index (Phi) is 4.16. The van der Waals surface area contributed by atoms with Crippen molar-refractivity contribution in [3.8, 4) is 0 Å². The van der Waals surface area contributed by atoms with Crippen LogP contribution in [-0.4, -0.2) is 10.9 Å². The summed E-state index contributed by atoms with van der Waals surface area (Å²) in [5.74, 6) is -0.149. The molecule has 0 spiro atoms. The molecule has 0 bridgehead atoms. The average Bonchev–Trinajstić information content (AvgIpc) is 2.36. The van der Waals surface area contributed by atoms with Crippen LogP contribution in [0.15, 0.2) is 41.1 Å². The maximum Gasteiger partial charge on any atom is 0.251 e. The number of carbonyl (C=O) groups is 1. The number of hydrogen-bond acceptors (Lipinski definition) is 3. The molecule has 5 heteroatoms. The van der Waals surface area contributed by atoms with E-state index in [1.165, 1.54) is 0 Å². The van der Waals surface area contributed by atoms with Crippen LogP contribution in [0.25, 0.3) is 0 Å². The lowest BCUT2D eigenvalue weighted by Gasteiger charge is -2.08. The number of benzene rings is 1. The minimum atomic E-state index is -0.149. The van der Waals surface area contributed by atoms with Gasteiger partial charge < -0.3 is 11.1 Å². The Morgan fingerprint density at radius 3 is 2.89 bits per heavy atom. The van der Waals surface area contributed by atoms with Gasteiger partial charge in [0.25, 0.3) is 5.91 Å². The first-order chi connectivity index (χ1) is 9.06. The molecule has 98 valence electrons. The monoisotopic (exact) mass is 319 g/mol. The van der Waals surface area contributed by atoms with Gasteiger partial charge in [-0.2, -0.15) is 0 Å². The molecule has 19 heavy (non-hydrogen) atoms. The molecular weight excluding hydrogens is 306 g/mol. The molecule has 0 aliphatic heterocycles. The number of nitrogens with two attached hydrogens (primary N) is 1. The third kappa shape index (κ3) is 3.54. The first-order valence-corrected chi connectivity index (χ1v) is 6.59. The second-order valence-corrected chi connectivity index (χ2v) is 5.17. The number of aryl methyl sites for hydroxylation is 1. The summed E-state index contributed by atoms with van der Waals surface area (Å²) < 4.78 is 0.790. The number of hydrogen-bond donors (Lipinski definition) is 2. The van der Waals surface area contributed by atoms with Gasteiger partial charge in [0.15, 0.2) is 0 Å². The van der Waals surface area contributed by atoms with Gasteiger partial charge in [-0.1, -0.05) is 15.9 Å². The van der Waals surface area contributed by atoms with Crippen LogP contribution < -0.4 is 11.1 Å². The number of pyridine rings is 1. The van der Waals surface area contributed by atoms with Gasteiger partial charge in [0, 0.05) is 34.7 Å². The highest BCUT2D eigenvalue weighted by Gasteiger charge is 2.07. The fraction of sp³-hybridized carbons (Fsp3) is 0.143. The molecule has 0 radical (unpaired) electrons. The highest BCUT2D eigenvalue weighted by molar-refractivity contribution is 9.10. The molecule has 2 aromatic rings. The Morgan fingerprint density at radius 1 is 1.42 bits per heavy atom. The first-order valence-electron chi connectivity index (χ1n) is 5.80. The van der Waals surface area contributed by atoms with Crippen LogP contribution in [0.5, 0.6) is 0 Å². The van der Waals surface area contributed by atoms with E-state index in [0.717, 1.165) is 15.6 Å². The zero-order chi connectivity index (χ0) is 13.8. The second-order valence-electron chi connectivity index (χ2n) is 4.26. The summed E-state index contributed by atoms with van der Waals surface area (Å²) >= 11 is 3.32. The molecule has 0 saturated carbocycles. The molecule has 1 aromatic heterocycles. The summed E-state index contributed by atoms with van der Waals surface area (Å²) in [5.41, 5.74) is 8.91. The van der Waals surface area contributed by atoms with E-state index in [2.05, 4.69) is 26.2 Å². The van der Waals surface area contributed by atoms with Gasteiger partial charge >= 0.3 is 0 Å². The van der Waals surface area contributed by atoms with Crippen molar-refractivity contribution in [1.82, 2.24) is 10.3 Å². The molecule has 0 unspecified atom stereocenters. The lowest BCUT2D eigenvalue weighted by molar-refractivity contribution is 0.0951. The molecule has 2 rings (SSSR count). The third-order valence-corrected chi connectivity index (χ3v) is 3.22. The maximum atomic E-state index is 12.0. The van der Waals surface area contributed by atoms with Crippen LogP contribution in [-0.2, 0) is 6.54 Å². The molecule has 3 N–H and O–H groups in total. The smallest absolute Gasteiger partial charge is 0.251 e. The van der Waals surface area contributed by atoms with E-state index in [0.29, 0.717) is 17.8 Å². The Morgan fingerprint density at radius 2 is 2.21 bits per heavy atom. The molecule has 0 saturated heterocycles. The summed E-state index contributed by atoms with van der Waals surface area (Å²) in [7, 11) is 0. The number of amides is 1. The summed E-state index contributed by atoms with van der Waals surface area (Å²) in [6.07, 6.45) is 3.49. The lowest BCUT2D eigenvalue weighted by atomic mass is 10.1. The van der Waals surface area contributed by atoms with Crippen molar-refractivity contribution in [2.45, 2.75) is 13.5 Å². The lowest BCUT2D eigenvalue weighted by Crippen LogP contribution is -2.23. The van der Waals surface area contributed by atoms with Gasteiger partial charge in [0.1, 0.15) is 0 Å². The van der Waals surface area contributed by atoms with E-state index in [9.17, 15) is 4.79 Å². The van der Waals surface area contributed by atoms with Gasteiger partial charge in [-0.05, 0) is 42.3 Å². The van der Waals surface area contributed by atoms with E-state index in [1.54, 1.807) is 30.6 Å². The number of halogens is 1. The SMILES string of the molecule is Cc1cnccc1CNC(=O)c1cc(N)cc(Br)c1. The van der Waals surface area contributed by atoms with E-state index in [-0.39, 0.29) is 5.91 Å². The van der Waals surface area contributed by atoms with Crippen molar-refractivity contribution in [2.75, 3.05) is 5.73 Å². The van der Waals surface area contributed by atoms with Crippen molar-refractivity contribution in [2.24, 2.45) is 0 Å². The van der Waals surface area contributed by atoms with Crippen LogP contribution in [0.2, 0.25) is 0 Å². The number of carbonyl (C=O) groups excluding carboxylic acids is 1. The molecule has 0 aliphatic carbocycles. The third-order valence-electron chi connectivity index (χ3n) is 2.76. The molecule has 1 amide bonds. The molecule has 1 aromatic carbocycles. The Bertz CT molecular complexity index is 593. The van der Waals surface area contributed by atoms with Crippen molar-refractivity contribution in [1.29, 1.82) is 0 Å². The average molecular weight is 320 g/mol. The largest absolute Gasteiger partial charge is 0.399 e. The van der Waals surface area contributed by atoms with Crippen molar-refractivity contribution in [3.63, 3.8) is 0 Å². The normalized spacial score (nSPS) is 10.2. The fourth-order valence-corrected chi connectivity index (χ4v) is 2.23. The summed E-state index contributed by atoms with van der Waals surface area (Å²) in [5, 5.41) is 2.87. The highest BCUT2D eigenvalue weighted by atomic mass is 79.9. The minimum absolute atomic E-state index is 0.149. The Labute approximate surface area is 120 Å². The van der Waals surface area contributed by atoms with Crippen molar-refractivity contribution in [3.05, 3.63) is 57.8 Å². The van der Waals surface area contributed by atoms with E-state index in [4.69, 9.17) is 5.73 Å². The zero-order valence-electron chi connectivity index (χ0n) is 10.5. The van der Waals surface area contributed by atoms with Crippen LogP contribution in [0.3, 0.4) is 0 Å². The number of anilines is 1. The first kappa shape index (κ1) is 13.5. The second kappa shape index (κ2) is 5.84. The standard InChI is InChI=1S/C14H14BrN3O/c1-9-7-17-3-2-10(9)8-18-14(19)11-4-12(15)6-13(16)5-11/h2-7H,8,16H2,1H3,(H,18,19). The topological polar surface area (TPSA) is 68.0 Å². The molecule has 4 nitrogen and oxygen atoms in total.